The Morgan fingerprint density at radius 1 is 1.11 bits per heavy atom. The summed E-state index contributed by atoms with van der Waals surface area (Å²) in [6.07, 6.45) is 7.09. The van der Waals surface area contributed by atoms with Crippen molar-refractivity contribution >= 4 is 0 Å². The summed E-state index contributed by atoms with van der Waals surface area (Å²) in [5.74, 6) is 0.882. The minimum Gasteiger partial charge on any atom is -0.375 e. The zero-order valence-electron chi connectivity index (χ0n) is 11.0. The van der Waals surface area contributed by atoms with Crippen molar-refractivity contribution in [2.24, 2.45) is 5.92 Å². The summed E-state index contributed by atoms with van der Waals surface area (Å²) in [6.45, 7) is 2.75. The molecule has 1 saturated carbocycles. The summed E-state index contributed by atoms with van der Waals surface area (Å²) >= 11 is 0. The van der Waals surface area contributed by atoms with Gasteiger partial charge in [0.1, 0.15) is 0 Å². The molecule has 2 heteroatoms. The van der Waals surface area contributed by atoms with Gasteiger partial charge in [0.25, 0.3) is 0 Å². The van der Waals surface area contributed by atoms with Crippen LogP contribution < -0.4 is 5.32 Å². The number of fused-ring (bicyclic) bond motifs is 1. The van der Waals surface area contributed by atoms with Crippen LogP contribution in [0.2, 0.25) is 0 Å². The summed E-state index contributed by atoms with van der Waals surface area (Å²) in [5.41, 5.74) is 2.80. The first-order chi connectivity index (χ1) is 8.93. The predicted molar refractivity (Wildman–Crippen MR) is 73.4 cm³/mol. The van der Waals surface area contributed by atoms with Crippen LogP contribution in [0.1, 0.15) is 49.3 Å². The van der Waals surface area contributed by atoms with Gasteiger partial charge in [0.15, 0.2) is 0 Å². The molecule has 3 rings (SSSR count). The van der Waals surface area contributed by atoms with E-state index in [2.05, 4.69) is 29.6 Å². The van der Waals surface area contributed by atoms with Gasteiger partial charge in [-0.2, -0.15) is 0 Å². The Labute approximate surface area is 110 Å². The number of benzene rings is 1. The van der Waals surface area contributed by atoms with Gasteiger partial charge in [0.05, 0.1) is 19.3 Å². The van der Waals surface area contributed by atoms with Crippen LogP contribution in [0.5, 0.6) is 0 Å². The van der Waals surface area contributed by atoms with Crippen molar-refractivity contribution in [3.63, 3.8) is 0 Å². The Hall–Kier alpha value is -0.860. The van der Waals surface area contributed by atoms with Gasteiger partial charge in [-0.05, 0) is 36.4 Å². The Morgan fingerprint density at radius 2 is 1.94 bits per heavy atom. The van der Waals surface area contributed by atoms with Crippen LogP contribution in [-0.4, -0.2) is 13.2 Å². The number of ether oxygens (including phenoxy) is 1. The molecule has 1 aromatic rings. The van der Waals surface area contributed by atoms with Crippen LogP contribution in [0.4, 0.5) is 0 Å². The Kier molecular flexibility index (Phi) is 3.96. The lowest BCUT2D eigenvalue weighted by atomic mass is 9.89. The van der Waals surface area contributed by atoms with Gasteiger partial charge in [0.2, 0.25) is 0 Å². The summed E-state index contributed by atoms with van der Waals surface area (Å²) < 4.78 is 5.69. The zero-order chi connectivity index (χ0) is 12.2. The van der Waals surface area contributed by atoms with E-state index < -0.39 is 0 Å². The van der Waals surface area contributed by atoms with E-state index in [0.29, 0.717) is 6.04 Å². The fourth-order valence-corrected chi connectivity index (χ4v) is 3.25. The molecule has 1 aliphatic heterocycles. The van der Waals surface area contributed by atoms with E-state index in [9.17, 15) is 0 Å². The maximum Gasteiger partial charge on any atom is 0.0721 e. The van der Waals surface area contributed by atoms with E-state index in [1.165, 1.54) is 43.2 Å². The minimum atomic E-state index is 0.400. The highest BCUT2D eigenvalue weighted by Crippen LogP contribution is 2.27. The number of hydrogen-bond donors (Lipinski definition) is 1. The van der Waals surface area contributed by atoms with Crippen molar-refractivity contribution in [3.05, 3.63) is 35.4 Å². The number of rotatable bonds is 3. The van der Waals surface area contributed by atoms with Gasteiger partial charge in [-0.15, -0.1) is 0 Å². The largest absolute Gasteiger partial charge is 0.375 e. The van der Waals surface area contributed by atoms with Crippen LogP contribution in [0, 0.1) is 5.92 Å². The average molecular weight is 245 g/mol. The molecule has 1 aliphatic carbocycles. The molecule has 98 valence electrons. The van der Waals surface area contributed by atoms with E-state index in [1.54, 1.807) is 0 Å². The molecule has 18 heavy (non-hydrogen) atoms. The maximum absolute atomic E-state index is 5.69. The van der Waals surface area contributed by atoms with Crippen molar-refractivity contribution in [2.75, 3.05) is 13.2 Å². The lowest BCUT2D eigenvalue weighted by Gasteiger charge is -2.29. The van der Waals surface area contributed by atoms with Crippen molar-refractivity contribution in [3.8, 4) is 0 Å². The number of nitrogens with one attached hydrogen (secondary N) is 1. The fourth-order valence-electron chi connectivity index (χ4n) is 3.25. The quantitative estimate of drug-likeness (QED) is 0.881. The molecular formula is C16H23NO. The van der Waals surface area contributed by atoms with Crippen LogP contribution in [0.15, 0.2) is 24.3 Å². The third kappa shape index (κ3) is 2.76. The lowest BCUT2D eigenvalue weighted by Crippen LogP contribution is -2.33. The van der Waals surface area contributed by atoms with Crippen LogP contribution in [0.3, 0.4) is 0 Å². The highest BCUT2D eigenvalue weighted by Gasteiger charge is 2.21. The first-order valence-corrected chi connectivity index (χ1v) is 7.32. The summed E-state index contributed by atoms with van der Waals surface area (Å²) in [7, 11) is 0. The third-order valence-corrected chi connectivity index (χ3v) is 4.35. The van der Waals surface area contributed by atoms with Crippen molar-refractivity contribution in [1.82, 2.24) is 5.32 Å². The molecule has 0 spiro atoms. The fraction of sp³-hybridized carbons (Fsp3) is 0.625. The Morgan fingerprint density at radius 3 is 2.83 bits per heavy atom. The number of hydrogen-bond acceptors (Lipinski definition) is 2. The predicted octanol–water partition coefficient (Wildman–Crippen LogP) is 3.43. The van der Waals surface area contributed by atoms with Crippen molar-refractivity contribution in [2.45, 2.75) is 44.8 Å². The second-order valence-corrected chi connectivity index (χ2v) is 5.68. The summed E-state index contributed by atoms with van der Waals surface area (Å²) in [4.78, 5) is 0. The average Bonchev–Trinajstić information content (AvgIpc) is 2.46. The normalized spacial score (nSPS) is 24.8. The van der Waals surface area contributed by atoms with Gasteiger partial charge in [0, 0.05) is 0 Å². The summed E-state index contributed by atoms with van der Waals surface area (Å²) in [5, 5.41) is 3.72. The topological polar surface area (TPSA) is 21.3 Å². The van der Waals surface area contributed by atoms with Gasteiger partial charge in [-0.3, -0.25) is 0 Å². The first-order valence-electron chi connectivity index (χ1n) is 7.32. The molecule has 1 atom stereocenters. The van der Waals surface area contributed by atoms with E-state index in [1.807, 2.05) is 0 Å². The molecule has 0 radical (unpaired) electrons. The molecule has 0 saturated heterocycles. The SMILES string of the molecule is c1ccc2c(c1)COCC2NCC1CCCCC1. The Bertz CT molecular complexity index is 384. The highest BCUT2D eigenvalue weighted by atomic mass is 16.5. The van der Waals surface area contributed by atoms with Gasteiger partial charge in [-0.1, -0.05) is 43.5 Å². The smallest absolute Gasteiger partial charge is 0.0721 e. The molecule has 1 N–H and O–H groups in total. The molecule has 1 aromatic carbocycles. The standard InChI is InChI=1S/C16H23NO/c1-2-6-13(7-3-1)10-17-16-12-18-11-14-8-4-5-9-15(14)16/h4-5,8-9,13,16-17H,1-3,6-7,10-12H2. The highest BCUT2D eigenvalue weighted by molar-refractivity contribution is 5.31. The van der Waals surface area contributed by atoms with Gasteiger partial charge >= 0.3 is 0 Å². The van der Waals surface area contributed by atoms with Crippen LogP contribution >= 0.6 is 0 Å². The zero-order valence-corrected chi connectivity index (χ0v) is 11.0. The monoisotopic (exact) mass is 245 g/mol. The molecule has 1 unspecified atom stereocenters. The summed E-state index contributed by atoms with van der Waals surface area (Å²) in [6, 6.07) is 9.07. The first kappa shape index (κ1) is 12.2. The van der Waals surface area contributed by atoms with Crippen LogP contribution in [-0.2, 0) is 11.3 Å². The van der Waals surface area contributed by atoms with Gasteiger partial charge < -0.3 is 10.1 Å². The molecule has 0 amide bonds. The van der Waals surface area contributed by atoms with Gasteiger partial charge in [-0.25, -0.2) is 0 Å². The third-order valence-electron chi connectivity index (χ3n) is 4.35. The van der Waals surface area contributed by atoms with E-state index >= 15 is 0 Å². The second kappa shape index (κ2) is 5.85. The molecule has 2 nitrogen and oxygen atoms in total. The van der Waals surface area contributed by atoms with Crippen molar-refractivity contribution < 1.29 is 4.74 Å². The second-order valence-electron chi connectivity index (χ2n) is 5.68. The molecular weight excluding hydrogens is 222 g/mol. The lowest BCUT2D eigenvalue weighted by molar-refractivity contribution is 0.0801. The van der Waals surface area contributed by atoms with Crippen molar-refractivity contribution in [1.29, 1.82) is 0 Å². The molecule has 1 fully saturated rings. The van der Waals surface area contributed by atoms with E-state index in [0.717, 1.165) is 25.7 Å². The Balaban J connectivity index is 1.60. The minimum absolute atomic E-state index is 0.400. The van der Waals surface area contributed by atoms with Crippen LogP contribution in [0.25, 0.3) is 0 Å². The molecule has 0 aromatic heterocycles. The molecule has 2 aliphatic rings. The van der Waals surface area contributed by atoms with E-state index in [-0.39, 0.29) is 0 Å². The van der Waals surface area contributed by atoms with E-state index in [4.69, 9.17) is 4.74 Å². The molecule has 1 heterocycles. The molecule has 0 bridgehead atoms. The maximum atomic E-state index is 5.69.